The molecule has 2 fully saturated rings. The number of aliphatic carboxylic acids is 1. The van der Waals surface area contributed by atoms with Crippen molar-refractivity contribution in [1.29, 1.82) is 0 Å². The van der Waals surface area contributed by atoms with Gasteiger partial charge in [-0.25, -0.2) is 4.79 Å². The quantitative estimate of drug-likeness (QED) is 0.788. The van der Waals surface area contributed by atoms with E-state index in [1.165, 1.54) is 4.90 Å². The van der Waals surface area contributed by atoms with E-state index >= 15 is 0 Å². The molecule has 0 aliphatic carbocycles. The molecule has 0 unspecified atom stereocenters. The summed E-state index contributed by atoms with van der Waals surface area (Å²) in [6, 6.07) is -1.02. The molecule has 2 N–H and O–H groups in total. The molecule has 3 atom stereocenters. The summed E-state index contributed by atoms with van der Waals surface area (Å²) in [4.78, 5) is 40.2. The van der Waals surface area contributed by atoms with Gasteiger partial charge in [-0.15, -0.1) is 0 Å². The van der Waals surface area contributed by atoms with E-state index in [2.05, 4.69) is 0 Å². The minimum absolute atomic E-state index is 0.0142. The highest BCUT2D eigenvalue weighted by Gasteiger charge is 2.44. The number of carbonyl (C=O) groups excluding carboxylic acids is 2. The summed E-state index contributed by atoms with van der Waals surface area (Å²) in [6.07, 6.45) is 2.39. The molecular formula is C18H30N2O5. The van der Waals surface area contributed by atoms with Gasteiger partial charge in [0, 0.05) is 32.5 Å². The predicted octanol–water partition coefficient (Wildman–Crippen LogP) is 1.10. The highest BCUT2D eigenvalue weighted by molar-refractivity contribution is 5.89. The van der Waals surface area contributed by atoms with Gasteiger partial charge >= 0.3 is 5.97 Å². The van der Waals surface area contributed by atoms with Gasteiger partial charge < -0.3 is 20.0 Å². The third-order valence-corrected chi connectivity index (χ3v) is 5.28. The molecule has 2 aliphatic heterocycles. The Morgan fingerprint density at radius 3 is 2.24 bits per heavy atom. The fourth-order valence-corrected chi connectivity index (χ4v) is 3.70. The number of aliphatic hydroxyl groups is 1. The van der Waals surface area contributed by atoms with Gasteiger partial charge in [0.25, 0.3) is 0 Å². The van der Waals surface area contributed by atoms with E-state index in [0.29, 0.717) is 0 Å². The Morgan fingerprint density at radius 1 is 1.12 bits per heavy atom. The largest absolute Gasteiger partial charge is 0.480 e. The SMILES string of the molecule is CC(C)(C)[C@H](CC(=O)N1CCCCC1)C(=O)N1C[C@H](O)C[C@H]1C(=O)O. The molecule has 142 valence electrons. The Balaban J connectivity index is 2.15. The van der Waals surface area contributed by atoms with Gasteiger partial charge in [-0.3, -0.25) is 9.59 Å². The van der Waals surface area contributed by atoms with Crippen LogP contribution < -0.4 is 0 Å². The lowest BCUT2D eigenvalue weighted by atomic mass is 9.77. The number of likely N-dealkylation sites (tertiary alicyclic amines) is 2. The predicted molar refractivity (Wildman–Crippen MR) is 91.8 cm³/mol. The first-order valence-corrected chi connectivity index (χ1v) is 9.10. The minimum Gasteiger partial charge on any atom is -0.480 e. The van der Waals surface area contributed by atoms with Crippen LogP contribution in [0.5, 0.6) is 0 Å². The molecule has 0 aromatic rings. The first kappa shape index (κ1) is 19.7. The maximum absolute atomic E-state index is 13.1. The zero-order valence-corrected chi connectivity index (χ0v) is 15.4. The molecule has 0 saturated carbocycles. The molecule has 2 saturated heterocycles. The number of hydrogen-bond donors (Lipinski definition) is 2. The summed E-state index contributed by atoms with van der Waals surface area (Å²) in [5.41, 5.74) is -0.473. The molecule has 25 heavy (non-hydrogen) atoms. The zero-order valence-electron chi connectivity index (χ0n) is 15.4. The first-order chi connectivity index (χ1) is 11.6. The van der Waals surface area contributed by atoms with Crippen molar-refractivity contribution in [3.05, 3.63) is 0 Å². The number of amides is 2. The highest BCUT2D eigenvalue weighted by Crippen LogP contribution is 2.34. The van der Waals surface area contributed by atoms with Gasteiger partial charge in [0.2, 0.25) is 11.8 Å². The van der Waals surface area contributed by atoms with Crippen molar-refractivity contribution >= 4 is 17.8 Å². The number of aliphatic hydroxyl groups excluding tert-OH is 1. The molecule has 0 aromatic carbocycles. The van der Waals surface area contributed by atoms with Crippen molar-refractivity contribution < 1.29 is 24.6 Å². The van der Waals surface area contributed by atoms with Gasteiger partial charge in [-0.2, -0.15) is 0 Å². The summed E-state index contributed by atoms with van der Waals surface area (Å²) in [6.45, 7) is 7.14. The average Bonchev–Trinajstić information content (AvgIpc) is 2.93. The van der Waals surface area contributed by atoms with Crippen molar-refractivity contribution in [2.24, 2.45) is 11.3 Å². The van der Waals surface area contributed by atoms with Crippen LogP contribution in [0.3, 0.4) is 0 Å². The Hall–Kier alpha value is -1.63. The maximum Gasteiger partial charge on any atom is 0.326 e. The molecule has 0 aromatic heterocycles. The Kier molecular flexibility index (Phi) is 6.08. The second-order valence-corrected chi connectivity index (χ2v) is 8.30. The molecule has 2 aliphatic rings. The van der Waals surface area contributed by atoms with E-state index in [-0.39, 0.29) is 31.2 Å². The molecule has 2 heterocycles. The van der Waals surface area contributed by atoms with E-state index in [1.807, 2.05) is 25.7 Å². The molecule has 2 rings (SSSR count). The van der Waals surface area contributed by atoms with Crippen LogP contribution in [0.2, 0.25) is 0 Å². The number of carbonyl (C=O) groups is 3. The van der Waals surface area contributed by atoms with Crippen LogP contribution in [0.15, 0.2) is 0 Å². The van der Waals surface area contributed by atoms with Gasteiger partial charge in [0.15, 0.2) is 0 Å². The molecule has 7 heteroatoms. The lowest BCUT2D eigenvalue weighted by Crippen LogP contribution is -2.48. The van der Waals surface area contributed by atoms with Gasteiger partial charge in [-0.1, -0.05) is 20.8 Å². The lowest BCUT2D eigenvalue weighted by Gasteiger charge is -2.36. The monoisotopic (exact) mass is 354 g/mol. The topological polar surface area (TPSA) is 98.2 Å². The summed E-state index contributed by atoms with van der Waals surface area (Å²) in [7, 11) is 0. The highest BCUT2D eigenvalue weighted by atomic mass is 16.4. The number of carboxylic acids is 1. The van der Waals surface area contributed by atoms with Crippen LogP contribution in [0.25, 0.3) is 0 Å². The third-order valence-electron chi connectivity index (χ3n) is 5.28. The van der Waals surface area contributed by atoms with Crippen molar-refractivity contribution in [3.63, 3.8) is 0 Å². The van der Waals surface area contributed by atoms with Crippen molar-refractivity contribution in [3.8, 4) is 0 Å². The number of carboxylic acid groups (broad SMARTS) is 1. The van der Waals surface area contributed by atoms with Gasteiger partial charge in [0.05, 0.1) is 12.0 Å². The van der Waals surface area contributed by atoms with Gasteiger partial charge in [-0.05, 0) is 24.7 Å². The standard InChI is InChI=1S/C18H30N2O5/c1-18(2,3)13(10-15(22)19-7-5-4-6-8-19)16(23)20-11-12(21)9-14(20)17(24)25/h12-14,21H,4-11H2,1-3H3,(H,24,25)/t12-,13-,14+/m1/s1. The summed E-state index contributed by atoms with van der Waals surface area (Å²) in [5, 5.41) is 19.1. The fraction of sp³-hybridized carbons (Fsp3) is 0.833. The summed E-state index contributed by atoms with van der Waals surface area (Å²) >= 11 is 0. The van der Waals surface area contributed by atoms with Crippen LogP contribution >= 0.6 is 0 Å². The number of nitrogens with zero attached hydrogens (tertiary/aromatic N) is 2. The van der Waals surface area contributed by atoms with Crippen LogP contribution in [0.1, 0.15) is 52.9 Å². The number of β-amino-alcohol motifs (C(OH)–C–C–N with tert-alkyl or cyclic N) is 1. The molecule has 0 bridgehead atoms. The van der Waals surface area contributed by atoms with E-state index in [4.69, 9.17) is 0 Å². The lowest BCUT2D eigenvalue weighted by molar-refractivity contribution is -0.153. The minimum atomic E-state index is -1.11. The van der Waals surface area contributed by atoms with E-state index < -0.39 is 29.4 Å². The number of hydrogen-bond acceptors (Lipinski definition) is 4. The number of piperidine rings is 1. The normalized spacial score (nSPS) is 25.8. The Labute approximate surface area is 149 Å². The van der Waals surface area contributed by atoms with Crippen LogP contribution in [-0.2, 0) is 14.4 Å². The number of rotatable bonds is 4. The summed E-state index contributed by atoms with van der Waals surface area (Å²) < 4.78 is 0. The van der Waals surface area contributed by atoms with Crippen molar-refractivity contribution in [2.45, 2.75) is 65.0 Å². The summed E-state index contributed by atoms with van der Waals surface area (Å²) in [5.74, 6) is -2.10. The fourth-order valence-electron chi connectivity index (χ4n) is 3.70. The van der Waals surface area contributed by atoms with Crippen molar-refractivity contribution in [1.82, 2.24) is 9.80 Å². The third kappa shape index (κ3) is 4.71. The van der Waals surface area contributed by atoms with Crippen LogP contribution in [0.4, 0.5) is 0 Å². The molecule has 7 nitrogen and oxygen atoms in total. The first-order valence-electron chi connectivity index (χ1n) is 9.10. The second kappa shape index (κ2) is 7.72. The van der Waals surface area contributed by atoms with Crippen LogP contribution in [-0.4, -0.2) is 69.6 Å². The maximum atomic E-state index is 13.1. The molecule has 2 amide bonds. The molecule has 0 radical (unpaired) electrons. The molecular weight excluding hydrogens is 324 g/mol. The van der Waals surface area contributed by atoms with Gasteiger partial charge in [0.1, 0.15) is 6.04 Å². The van der Waals surface area contributed by atoms with E-state index in [9.17, 15) is 24.6 Å². The average molecular weight is 354 g/mol. The Morgan fingerprint density at radius 2 is 1.72 bits per heavy atom. The van der Waals surface area contributed by atoms with E-state index in [1.54, 1.807) is 0 Å². The smallest absolute Gasteiger partial charge is 0.326 e. The van der Waals surface area contributed by atoms with Crippen molar-refractivity contribution in [2.75, 3.05) is 19.6 Å². The molecule has 0 spiro atoms. The Bertz CT molecular complexity index is 522. The zero-order chi connectivity index (χ0) is 18.8. The second-order valence-electron chi connectivity index (χ2n) is 8.30. The van der Waals surface area contributed by atoms with Crippen LogP contribution in [0, 0.1) is 11.3 Å². The van der Waals surface area contributed by atoms with E-state index in [0.717, 1.165) is 32.4 Å².